The number of phenols is 1. The van der Waals surface area contributed by atoms with Crippen LogP contribution in [0.3, 0.4) is 0 Å². The van der Waals surface area contributed by atoms with Crippen LogP contribution in [0.4, 0.5) is 0 Å². The number of nitrogens with one attached hydrogen (secondary N) is 3. The first kappa shape index (κ1) is 26.8. The Balaban J connectivity index is 1.28. The molecule has 2 amide bonds. The molecule has 7 heteroatoms. The fraction of sp³-hybridized carbons (Fsp3) is 0.114. The molecule has 42 heavy (non-hydrogen) atoms. The smallest absolute Gasteiger partial charge is 0.251 e. The fourth-order valence-corrected chi connectivity index (χ4v) is 5.29. The predicted molar refractivity (Wildman–Crippen MR) is 165 cm³/mol. The number of rotatable bonds is 8. The van der Waals surface area contributed by atoms with Gasteiger partial charge in [0.25, 0.3) is 5.91 Å². The number of aromatic amines is 1. The number of hydrogen-bond acceptors (Lipinski definition) is 4. The Kier molecular flexibility index (Phi) is 7.39. The quantitative estimate of drug-likeness (QED) is 0.177. The zero-order valence-electron chi connectivity index (χ0n) is 23.0. The number of carbonyl (C=O) groups excluding carboxylic acids is 2. The van der Waals surface area contributed by atoms with Crippen LogP contribution in [0.15, 0.2) is 116 Å². The third kappa shape index (κ3) is 5.58. The lowest BCUT2D eigenvalue weighted by atomic mass is 9.99. The van der Waals surface area contributed by atoms with Gasteiger partial charge in [0, 0.05) is 40.7 Å². The molecule has 0 aliphatic rings. The number of benzene rings is 4. The van der Waals surface area contributed by atoms with E-state index in [1.807, 2.05) is 92.0 Å². The van der Waals surface area contributed by atoms with Crippen molar-refractivity contribution in [2.75, 3.05) is 0 Å². The number of aromatic nitrogens is 2. The molecular weight excluding hydrogens is 524 g/mol. The number of para-hydroxylation sites is 1. The molecule has 0 spiro atoms. The van der Waals surface area contributed by atoms with Crippen LogP contribution in [0.5, 0.6) is 5.75 Å². The van der Waals surface area contributed by atoms with Crippen LogP contribution < -0.4 is 10.6 Å². The van der Waals surface area contributed by atoms with Gasteiger partial charge in [-0.15, -0.1) is 0 Å². The lowest BCUT2D eigenvalue weighted by molar-refractivity contribution is -0.123. The molecule has 2 atom stereocenters. The molecule has 2 aromatic heterocycles. The van der Waals surface area contributed by atoms with Gasteiger partial charge in [-0.1, -0.05) is 66.7 Å². The lowest BCUT2D eigenvalue weighted by Crippen LogP contribution is -2.48. The van der Waals surface area contributed by atoms with E-state index in [0.29, 0.717) is 17.5 Å². The number of phenolic OH excluding ortho intramolecular Hbond substituents is 1. The van der Waals surface area contributed by atoms with Gasteiger partial charge in [0.2, 0.25) is 5.91 Å². The third-order valence-corrected chi connectivity index (χ3v) is 7.52. The van der Waals surface area contributed by atoms with Gasteiger partial charge in [0.1, 0.15) is 17.3 Å². The highest BCUT2D eigenvalue weighted by Gasteiger charge is 2.25. The zero-order valence-corrected chi connectivity index (χ0v) is 23.0. The summed E-state index contributed by atoms with van der Waals surface area (Å²) in [4.78, 5) is 34.8. The van der Waals surface area contributed by atoms with Crippen LogP contribution in [0.1, 0.15) is 34.5 Å². The van der Waals surface area contributed by atoms with E-state index in [4.69, 9.17) is 0 Å². The number of H-pyrrole nitrogens is 1. The minimum atomic E-state index is -0.817. The number of aromatic hydroxyl groups is 1. The van der Waals surface area contributed by atoms with Crippen molar-refractivity contribution in [1.29, 1.82) is 0 Å². The topological polar surface area (TPSA) is 107 Å². The highest BCUT2D eigenvalue weighted by molar-refractivity contribution is 5.99. The molecule has 0 radical (unpaired) electrons. The van der Waals surface area contributed by atoms with Gasteiger partial charge in [0.15, 0.2) is 0 Å². The number of amides is 2. The summed E-state index contributed by atoms with van der Waals surface area (Å²) in [7, 11) is 0. The Bertz CT molecular complexity index is 1900. The van der Waals surface area contributed by atoms with Gasteiger partial charge in [0.05, 0.1) is 6.04 Å². The predicted octanol–water partition coefficient (Wildman–Crippen LogP) is 6.31. The Labute approximate surface area is 243 Å². The van der Waals surface area contributed by atoms with E-state index in [1.165, 1.54) is 0 Å². The van der Waals surface area contributed by atoms with Gasteiger partial charge in [-0.3, -0.25) is 14.6 Å². The molecule has 2 unspecified atom stereocenters. The third-order valence-electron chi connectivity index (χ3n) is 7.52. The van der Waals surface area contributed by atoms with Crippen molar-refractivity contribution in [1.82, 2.24) is 20.6 Å². The minimum Gasteiger partial charge on any atom is -0.506 e. The van der Waals surface area contributed by atoms with Gasteiger partial charge >= 0.3 is 0 Å². The second-order valence-electron chi connectivity index (χ2n) is 10.4. The summed E-state index contributed by atoms with van der Waals surface area (Å²) in [6.45, 7) is 1.93. The Morgan fingerprint density at radius 3 is 2.52 bits per heavy atom. The normalized spacial score (nSPS) is 12.6. The number of nitrogens with zero attached hydrogens (tertiary/aromatic N) is 1. The molecule has 0 bridgehead atoms. The Hall–Kier alpha value is -5.43. The lowest BCUT2D eigenvalue weighted by Gasteiger charge is -2.22. The van der Waals surface area contributed by atoms with E-state index in [2.05, 4.69) is 20.6 Å². The molecule has 208 valence electrons. The Morgan fingerprint density at radius 1 is 0.857 bits per heavy atom. The maximum absolute atomic E-state index is 13.6. The van der Waals surface area contributed by atoms with Crippen molar-refractivity contribution in [3.05, 3.63) is 132 Å². The van der Waals surface area contributed by atoms with Gasteiger partial charge in [-0.05, 0) is 65.6 Å². The molecule has 0 aliphatic heterocycles. The summed E-state index contributed by atoms with van der Waals surface area (Å²) in [6, 6.07) is 31.0. The van der Waals surface area contributed by atoms with Crippen molar-refractivity contribution in [2.24, 2.45) is 0 Å². The molecule has 7 nitrogen and oxygen atoms in total. The second-order valence-corrected chi connectivity index (χ2v) is 10.4. The maximum Gasteiger partial charge on any atom is 0.251 e. The summed E-state index contributed by atoms with van der Waals surface area (Å²) >= 11 is 0. The molecule has 4 aromatic carbocycles. The monoisotopic (exact) mass is 554 g/mol. The van der Waals surface area contributed by atoms with E-state index >= 15 is 0 Å². The summed E-state index contributed by atoms with van der Waals surface area (Å²) in [6.07, 6.45) is 3.84. The molecule has 6 aromatic rings. The molecular formula is C35H30N4O3. The van der Waals surface area contributed by atoms with E-state index in [0.717, 1.165) is 38.5 Å². The first-order valence-electron chi connectivity index (χ1n) is 13.9. The van der Waals surface area contributed by atoms with Crippen molar-refractivity contribution in [3.8, 4) is 16.9 Å². The summed E-state index contributed by atoms with van der Waals surface area (Å²) in [5, 5.41) is 18.4. The van der Waals surface area contributed by atoms with Crippen molar-refractivity contribution in [2.45, 2.75) is 25.4 Å². The van der Waals surface area contributed by atoms with Crippen LogP contribution >= 0.6 is 0 Å². The van der Waals surface area contributed by atoms with E-state index in [9.17, 15) is 14.7 Å². The molecule has 0 fully saturated rings. The maximum atomic E-state index is 13.6. The molecule has 0 aliphatic carbocycles. The Morgan fingerprint density at radius 2 is 1.67 bits per heavy atom. The average molecular weight is 555 g/mol. The first-order valence-corrected chi connectivity index (χ1v) is 13.9. The number of hydrogen-bond donors (Lipinski definition) is 4. The highest BCUT2D eigenvalue weighted by Crippen LogP contribution is 2.31. The molecule has 2 heterocycles. The first-order chi connectivity index (χ1) is 20.5. The minimum absolute atomic E-state index is 0.0703. The standard InChI is InChI=1S/C35H30N4O3/c1-22(23-9-3-2-4-10-23)38-35(42)31(19-28-21-37-30-15-6-5-14-29(28)30)39-34(41)26-12-7-11-24(17-26)27-18-25-13-8-16-36-33(25)32(40)20-27/h2-18,20-22,31,37,40H,19H2,1H3,(H,38,42)(H,39,41). The van der Waals surface area contributed by atoms with Gasteiger partial charge < -0.3 is 20.7 Å². The van der Waals surface area contributed by atoms with E-state index in [1.54, 1.807) is 30.5 Å². The molecule has 6 rings (SSSR count). The molecule has 4 N–H and O–H groups in total. The summed E-state index contributed by atoms with van der Waals surface area (Å²) < 4.78 is 0. The number of pyridine rings is 1. The average Bonchev–Trinajstić information content (AvgIpc) is 3.43. The van der Waals surface area contributed by atoms with E-state index < -0.39 is 6.04 Å². The van der Waals surface area contributed by atoms with Crippen LogP contribution in [0, 0.1) is 0 Å². The van der Waals surface area contributed by atoms with Gasteiger partial charge in [-0.2, -0.15) is 0 Å². The largest absolute Gasteiger partial charge is 0.506 e. The van der Waals surface area contributed by atoms with Crippen molar-refractivity contribution in [3.63, 3.8) is 0 Å². The SMILES string of the molecule is CC(NC(=O)C(Cc1c[nH]c2ccccc12)NC(=O)c1cccc(-c2cc(O)c3ncccc3c2)c1)c1ccccc1. The zero-order chi connectivity index (χ0) is 29.1. The second kappa shape index (κ2) is 11.6. The van der Waals surface area contributed by atoms with Crippen LogP contribution in [0.2, 0.25) is 0 Å². The number of carbonyl (C=O) groups is 2. The van der Waals surface area contributed by atoms with Crippen LogP contribution in [-0.2, 0) is 11.2 Å². The van der Waals surface area contributed by atoms with E-state index in [-0.39, 0.29) is 23.6 Å². The molecule has 0 saturated carbocycles. The summed E-state index contributed by atoms with van der Waals surface area (Å²) in [5.41, 5.74) is 5.33. The molecule has 0 saturated heterocycles. The van der Waals surface area contributed by atoms with Crippen molar-refractivity contribution < 1.29 is 14.7 Å². The highest BCUT2D eigenvalue weighted by atomic mass is 16.3. The fourth-order valence-electron chi connectivity index (χ4n) is 5.29. The van der Waals surface area contributed by atoms with Crippen LogP contribution in [-0.4, -0.2) is 32.9 Å². The van der Waals surface area contributed by atoms with Gasteiger partial charge in [-0.25, -0.2) is 0 Å². The number of fused-ring (bicyclic) bond motifs is 2. The van der Waals surface area contributed by atoms with Crippen LogP contribution in [0.25, 0.3) is 32.9 Å². The summed E-state index contributed by atoms with van der Waals surface area (Å²) in [5.74, 6) is -0.565. The van der Waals surface area contributed by atoms with Crippen molar-refractivity contribution >= 4 is 33.6 Å².